The lowest BCUT2D eigenvalue weighted by Crippen LogP contribution is -2.46. The summed E-state index contributed by atoms with van der Waals surface area (Å²) < 4.78 is 10.5. The molecule has 1 aliphatic rings. The Morgan fingerprint density at radius 2 is 1.80 bits per heavy atom. The molecule has 3 rings (SSSR count). The van der Waals surface area contributed by atoms with Crippen LogP contribution in [0.2, 0.25) is 5.02 Å². The number of piperidine rings is 1. The number of hydrogen-bond donors (Lipinski definition) is 1. The van der Waals surface area contributed by atoms with E-state index in [1.165, 1.54) is 20.3 Å². The Morgan fingerprint density at radius 1 is 1.10 bits per heavy atom. The van der Waals surface area contributed by atoms with E-state index in [1.807, 2.05) is 18.2 Å². The number of rotatable bonds is 6. The lowest BCUT2D eigenvalue weighted by atomic mass is 10.0. The first kappa shape index (κ1) is 21.7. The Hall–Kier alpha value is -2.99. The van der Waals surface area contributed by atoms with Gasteiger partial charge in [-0.25, -0.2) is 0 Å². The first-order valence-electron chi connectivity index (χ1n) is 9.76. The Bertz CT molecular complexity index is 922. The maximum Gasteiger partial charge on any atom is 0.251 e. The Kier molecular flexibility index (Phi) is 7.36. The summed E-state index contributed by atoms with van der Waals surface area (Å²) in [5, 5.41) is 3.46. The maximum atomic E-state index is 12.5. The lowest BCUT2D eigenvalue weighted by Gasteiger charge is -2.31. The van der Waals surface area contributed by atoms with Crippen LogP contribution in [0.1, 0.15) is 28.8 Å². The summed E-state index contributed by atoms with van der Waals surface area (Å²) >= 11 is 6.21. The minimum Gasteiger partial charge on any atom is -0.493 e. The van der Waals surface area contributed by atoms with Gasteiger partial charge in [0.15, 0.2) is 11.5 Å². The van der Waals surface area contributed by atoms with Crippen molar-refractivity contribution in [3.63, 3.8) is 0 Å². The van der Waals surface area contributed by atoms with Gasteiger partial charge in [0.25, 0.3) is 5.91 Å². The van der Waals surface area contributed by atoms with Gasteiger partial charge in [0.05, 0.1) is 19.2 Å². The molecule has 158 valence electrons. The van der Waals surface area contributed by atoms with E-state index in [-0.39, 0.29) is 17.9 Å². The van der Waals surface area contributed by atoms with Crippen molar-refractivity contribution in [2.75, 3.05) is 27.3 Å². The fourth-order valence-corrected chi connectivity index (χ4v) is 3.71. The minimum atomic E-state index is -0.0781. The van der Waals surface area contributed by atoms with Crippen molar-refractivity contribution in [2.45, 2.75) is 18.9 Å². The molecule has 1 heterocycles. The number of halogens is 1. The summed E-state index contributed by atoms with van der Waals surface area (Å²) in [6.45, 7) is 1.19. The highest BCUT2D eigenvalue weighted by Gasteiger charge is 2.23. The second-order valence-corrected chi connectivity index (χ2v) is 7.42. The third kappa shape index (κ3) is 5.33. The molecule has 1 N–H and O–H groups in total. The minimum absolute atomic E-state index is 0.0652. The van der Waals surface area contributed by atoms with E-state index in [2.05, 4.69) is 5.32 Å². The van der Waals surface area contributed by atoms with Gasteiger partial charge in [-0.2, -0.15) is 0 Å². The van der Waals surface area contributed by atoms with Crippen molar-refractivity contribution in [3.8, 4) is 11.5 Å². The van der Waals surface area contributed by atoms with Crippen LogP contribution in [-0.2, 0) is 4.79 Å². The van der Waals surface area contributed by atoms with Crippen molar-refractivity contribution < 1.29 is 19.1 Å². The van der Waals surface area contributed by atoms with Crippen LogP contribution < -0.4 is 14.8 Å². The Morgan fingerprint density at radius 3 is 2.43 bits per heavy atom. The number of likely N-dealkylation sites (tertiary alicyclic amines) is 1. The molecule has 6 nitrogen and oxygen atoms in total. The summed E-state index contributed by atoms with van der Waals surface area (Å²) in [5.74, 6) is 0.814. The number of benzene rings is 2. The van der Waals surface area contributed by atoms with E-state index in [0.29, 0.717) is 35.2 Å². The molecule has 1 fully saturated rings. The third-order valence-electron chi connectivity index (χ3n) is 5.05. The first-order valence-corrected chi connectivity index (χ1v) is 10.1. The van der Waals surface area contributed by atoms with Gasteiger partial charge in [-0.15, -0.1) is 0 Å². The molecule has 0 spiro atoms. The quantitative estimate of drug-likeness (QED) is 0.711. The normalized spacial score (nSPS) is 14.6. The zero-order valence-electron chi connectivity index (χ0n) is 17.1. The largest absolute Gasteiger partial charge is 0.493 e. The maximum absolute atomic E-state index is 12.5. The zero-order chi connectivity index (χ0) is 21.5. The molecule has 0 bridgehead atoms. The number of ether oxygens (including phenoxy) is 2. The van der Waals surface area contributed by atoms with Gasteiger partial charge in [0.1, 0.15) is 0 Å². The monoisotopic (exact) mass is 428 g/mol. The number of amides is 2. The van der Waals surface area contributed by atoms with E-state index in [4.69, 9.17) is 21.1 Å². The molecule has 0 aliphatic carbocycles. The van der Waals surface area contributed by atoms with E-state index in [9.17, 15) is 9.59 Å². The molecule has 0 aromatic heterocycles. The van der Waals surface area contributed by atoms with Crippen molar-refractivity contribution in [2.24, 2.45) is 0 Å². The van der Waals surface area contributed by atoms with E-state index >= 15 is 0 Å². The van der Waals surface area contributed by atoms with Crippen LogP contribution in [0.3, 0.4) is 0 Å². The number of methoxy groups -OCH3 is 2. The van der Waals surface area contributed by atoms with Gasteiger partial charge < -0.3 is 19.7 Å². The van der Waals surface area contributed by atoms with Crippen LogP contribution in [0.15, 0.2) is 48.5 Å². The van der Waals surface area contributed by atoms with Crippen LogP contribution in [0, 0.1) is 0 Å². The molecule has 2 aromatic rings. The van der Waals surface area contributed by atoms with Crippen LogP contribution >= 0.6 is 11.6 Å². The predicted molar refractivity (Wildman–Crippen MR) is 117 cm³/mol. The van der Waals surface area contributed by atoms with Gasteiger partial charge in [-0.1, -0.05) is 29.8 Å². The van der Waals surface area contributed by atoms with Gasteiger partial charge in [-0.3, -0.25) is 9.59 Å². The third-order valence-corrected chi connectivity index (χ3v) is 5.33. The highest BCUT2D eigenvalue weighted by molar-refractivity contribution is 6.32. The predicted octanol–water partition coefficient (Wildman–Crippen LogP) is 3.79. The average Bonchev–Trinajstić information content (AvgIpc) is 2.78. The Labute approximate surface area is 181 Å². The van der Waals surface area contributed by atoms with Crippen LogP contribution in [0.4, 0.5) is 0 Å². The van der Waals surface area contributed by atoms with Crippen LogP contribution in [-0.4, -0.2) is 50.1 Å². The molecule has 30 heavy (non-hydrogen) atoms. The SMILES string of the molecule is COc1cc(C=CC(=O)N2CCC(NC(=O)c3ccccc3)CC2)cc(Cl)c1OC. The molecular formula is C23H25ClN2O4. The van der Waals surface area contributed by atoms with Gasteiger partial charge in [0, 0.05) is 30.8 Å². The van der Waals surface area contributed by atoms with Crippen molar-refractivity contribution >= 4 is 29.5 Å². The molecule has 0 atom stereocenters. The summed E-state index contributed by atoms with van der Waals surface area (Å²) in [5.41, 5.74) is 1.39. The van der Waals surface area contributed by atoms with Gasteiger partial charge in [-0.05, 0) is 48.7 Å². The molecule has 0 unspecified atom stereocenters. The van der Waals surface area contributed by atoms with Gasteiger partial charge >= 0.3 is 0 Å². The van der Waals surface area contributed by atoms with E-state index in [1.54, 1.807) is 35.2 Å². The molecule has 7 heteroatoms. The molecular weight excluding hydrogens is 404 g/mol. The summed E-state index contributed by atoms with van der Waals surface area (Å²) in [6, 6.07) is 12.7. The second-order valence-electron chi connectivity index (χ2n) is 7.01. The smallest absolute Gasteiger partial charge is 0.251 e. The highest BCUT2D eigenvalue weighted by atomic mass is 35.5. The summed E-state index contributed by atoms with van der Waals surface area (Å²) in [4.78, 5) is 26.6. The number of hydrogen-bond acceptors (Lipinski definition) is 4. The van der Waals surface area contributed by atoms with Crippen molar-refractivity contribution in [3.05, 3.63) is 64.7 Å². The zero-order valence-corrected chi connectivity index (χ0v) is 17.8. The molecule has 0 saturated carbocycles. The molecule has 0 radical (unpaired) electrons. The lowest BCUT2D eigenvalue weighted by molar-refractivity contribution is -0.126. The molecule has 1 aliphatic heterocycles. The first-order chi connectivity index (χ1) is 14.5. The topological polar surface area (TPSA) is 67.9 Å². The van der Waals surface area contributed by atoms with Crippen LogP contribution in [0.25, 0.3) is 6.08 Å². The van der Waals surface area contributed by atoms with Crippen LogP contribution in [0.5, 0.6) is 11.5 Å². The number of nitrogens with zero attached hydrogens (tertiary/aromatic N) is 1. The van der Waals surface area contributed by atoms with E-state index < -0.39 is 0 Å². The molecule has 2 amide bonds. The number of nitrogens with one attached hydrogen (secondary N) is 1. The molecule has 2 aromatic carbocycles. The Balaban J connectivity index is 1.54. The molecule has 1 saturated heterocycles. The number of carbonyl (C=O) groups is 2. The highest BCUT2D eigenvalue weighted by Crippen LogP contribution is 2.36. The summed E-state index contributed by atoms with van der Waals surface area (Å²) in [7, 11) is 3.06. The summed E-state index contributed by atoms with van der Waals surface area (Å²) in [6.07, 6.45) is 4.68. The number of carbonyl (C=O) groups excluding carboxylic acids is 2. The van der Waals surface area contributed by atoms with Crippen molar-refractivity contribution in [1.82, 2.24) is 10.2 Å². The van der Waals surface area contributed by atoms with E-state index in [0.717, 1.165) is 18.4 Å². The van der Waals surface area contributed by atoms with Gasteiger partial charge in [0.2, 0.25) is 5.91 Å². The van der Waals surface area contributed by atoms with Crippen molar-refractivity contribution in [1.29, 1.82) is 0 Å². The average molecular weight is 429 g/mol. The standard InChI is InChI=1S/C23H25ClN2O4/c1-29-20-15-16(14-19(24)22(20)30-2)8-9-21(27)26-12-10-18(11-13-26)25-23(28)17-6-4-3-5-7-17/h3-9,14-15,18H,10-13H2,1-2H3,(H,25,28). The fourth-order valence-electron chi connectivity index (χ4n) is 3.41. The fraction of sp³-hybridized carbons (Fsp3) is 0.304. The second kappa shape index (κ2) is 10.2.